The van der Waals surface area contributed by atoms with E-state index >= 15 is 0 Å². The summed E-state index contributed by atoms with van der Waals surface area (Å²) in [6.45, 7) is 5.40. The van der Waals surface area contributed by atoms with Gasteiger partial charge in [-0.3, -0.25) is 9.89 Å². The molecule has 1 amide bonds. The number of hydrogen-bond donors (Lipinski definition) is 1. The number of hydrogen-bond acceptors (Lipinski definition) is 4. The van der Waals surface area contributed by atoms with Gasteiger partial charge in [0.25, 0.3) is 5.91 Å². The average molecular weight is 618 g/mol. The third kappa shape index (κ3) is 5.19. The topological polar surface area (TPSA) is 61.5 Å². The van der Waals surface area contributed by atoms with Crippen LogP contribution in [0.25, 0.3) is 22.4 Å². The van der Waals surface area contributed by atoms with E-state index in [4.69, 9.17) is 39.5 Å². The summed E-state index contributed by atoms with van der Waals surface area (Å²) in [7, 11) is 0. The van der Waals surface area contributed by atoms with Crippen LogP contribution in [0.5, 0.6) is 5.75 Å². The monoisotopic (exact) mass is 616 g/mol. The van der Waals surface area contributed by atoms with Crippen molar-refractivity contribution < 1.29 is 9.53 Å². The molecule has 0 unspecified atom stereocenters. The van der Waals surface area contributed by atoms with Crippen molar-refractivity contribution in [2.45, 2.75) is 38.7 Å². The first kappa shape index (κ1) is 28.8. The highest BCUT2D eigenvalue weighted by atomic mass is 35.5. The number of aromatic nitrogens is 2. The number of ether oxygens (including phenoxy) is 1. The predicted molar refractivity (Wildman–Crippen MR) is 164 cm³/mol. The van der Waals surface area contributed by atoms with E-state index in [1.54, 1.807) is 23.2 Å². The summed E-state index contributed by atoms with van der Waals surface area (Å²) in [6, 6.07) is 18.9. The number of anilines is 1. The van der Waals surface area contributed by atoms with Crippen molar-refractivity contribution in [2.24, 2.45) is 0 Å². The van der Waals surface area contributed by atoms with Gasteiger partial charge in [-0.05, 0) is 80.3 Å². The average Bonchev–Trinajstić information content (AvgIpc) is 3.37. The van der Waals surface area contributed by atoms with Gasteiger partial charge in [0.15, 0.2) is 5.69 Å². The van der Waals surface area contributed by atoms with Gasteiger partial charge in [-0.2, -0.15) is 5.10 Å². The first-order valence-electron chi connectivity index (χ1n) is 13.0. The van der Waals surface area contributed by atoms with Gasteiger partial charge in [-0.15, -0.1) is 12.4 Å². The van der Waals surface area contributed by atoms with Crippen LogP contribution in [0.2, 0.25) is 15.1 Å². The van der Waals surface area contributed by atoms with Crippen molar-refractivity contribution in [3.8, 4) is 28.1 Å². The van der Waals surface area contributed by atoms with Gasteiger partial charge in [0.1, 0.15) is 11.4 Å². The van der Waals surface area contributed by atoms with E-state index in [1.807, 2.05) is 61.3 Å². The van der Waals surface area contributed by atoms with E-state index in [0.29, 0.717) is 32.0 Å². The summed E-state index contributed by atoms with van der Waals surface area (Å²) in [5.41, 5.74) is 4.44. The van der Waals surface area contributed by atoms with Crippen LogP contribution in [0.1, 0.15) is 49.2 Å². The number of nitrogens with one attached hydrogen (secondary N) is 1. The lowest BCUT2D eigenvalue weighted by atomic mass is 9.88. The number of benzene rings is 3. The molecule has 0 atom stereocenters. The molecule has 208 valence electrons. The van der Waals surface area contributed by atoms with E-state index in [1.165, 1.54) is 0 Å². The van der Waals surface area contributed by atoms with Crippen molar-refractivity contribution >= 4 is 58.8 Å². The minimum Gasteiger partial charge on any atom is -0.482 e. The SMILES string of the molecule is CC1(C)Oc2cc(-c3ccc(Cl)cc3)ccc2-c2[nH]nc(C(=O)N(c3ccc(Cl)cc3Cl)N3CCCCC3)c21.Cl. The zero-order chi connectivity index (χ0) is 27.3. The Morgan fingerprint density at radius 2 is 1.60 bits per heavy atom. The van der Waals surface area contributed by atoms with Gasteiger partial charge in [-0.25, -0.2) is 10.0 Å². The molecule has 4 aromatic rings. The number of fused-ring (bicyclic) bond motifs is 3. The van der Waals surface area contributed by atoms with Crippen LogP contribution in [0.3, 0.4) is 0 Å². The predicted octanol–water partition coefficient (Wildman–Crippen LogP) is 8.80. The van der Waals surface area contributed by atoms with Crippen LogP contribution in [-0.2, 0) is 5.60 Å². The number of piperidine rings is 1. The van der Waals surface area contributed by atoms with Gasteiger partial charge in [-0.1, -0.05) is 59.4 Å². The molecule has 1 aromatic heterocycles. The molecule has 10 heteroatoms. The lowest BCUT2D eigenvalue weighted by Crippen LogP contribution is -2.50. The maximum absolute atomic E-state index is 14.3. The molecule has 6 nitrogen and oxygen atoms in total. The third-order valence-electron chi connectivity index (χ3n) is 7.31. The normalized spacial score (nSPS) is 15.8. The molecule has 2 aliphatic rings. The van der Waals surface area contributed by atoms with E-state index in [9.17, 15) is 4.79 Å². The van der Waals surface area contributed by atoms with Crippen molar-refractivity contribution in [1.82, 2.24) is 15.2 Å². The van der Waals surface area contributed by atoms with E-state index < -0.39 is 5.60 Å². The fourth-order valence-corrected chi connectivity index (χ4v) is 6.07. The quantitative estimate of drug-likeness (QED) is 0.248. The molecule has 3 heterocycles. The molecule has 0 spiro atoms. The number of carbonyl (C=O) groups is 1. The Bertz CT molecular complexity index is 1560. The lowest BCUT2D eigenvalue weighted by Gasteiger charge is -2.38. The van der Waals surface area contributed by atoms with Crippen LogP contribution >= 0.6 is 47.2 Å². The second kappa shape index (κ2) is 11.3. The van der Waals surface area contributed by atoms with Crippen molar-refractivity contribution in [3.63, 3.8) is 0 Å². The third-order valence-corrected chi connectivity index (χ3v) is 8.10. The Kier molecular flexibility index (Phi) is 8.10. The summed E-state index contributed by atoms with van der Waals surface area (Å²) in [4.78, 5) is 14.3. The Labute approximate surface area is 254 Å². The molecule has 1 fully saturated rings. The van der Waals surface area contributed by atoms with E-state index in [0.717, 1.165) is 60.5 Å². The zero-order valence-electron chi connectivity index (χ0n) is 22.0. The fourth-order valence-electron chi connectivity index (χ4n) is 5.46. The van der Waals surface area contributed by atoms with Gasteiger partial charge in [0.2, 0.25) is 0 Å². The summed E-state index contributed by atoms with van der Waals surface area (Å²) >= 11 is 18.9. The second-order valence-electron chi connectivity index (χ2n) is 10.4. The van der Waals surface area contributed by atoms with Crippen LogP contribution in [0, 0.1) is 0 Å². The van der Waals surface area contributed by atoms with Crippen molar-refractivity contribution in [2.75, 3.05) is 18.1 Å². The largest absolute Gasteiger partial charge is 0.482 e. The van der Waals surface area contributed by atoms with Crippen LogP contribution in [0.15, 0.2) is 60.7 Å². The van der Waals surface area contributed by atoms with Gasteiger partial charge in [0, 0.05) is 28.7 Å². The molecular weight excluding hydrogens is 590 g/mol. The summed E-state index contributed by atoms with van der Waals surface area (Å²) in [5, 5.41) is 13.0. The molecule has 2 aliphatic heterocycles. The summed E-state index contributed by atoms with van der Waals surface area (Å²) < 4.78 is 6.54. The van der Waals surface area contributed by atoms with E-state index in [-0.39, 0.29) is 18.3 Å². The molecular formula is C30H28Cl4N4O2. The van der Waals surface area contributed by atoms with E-state index in [2.05, 4.69) is 10.2 Å². The second-order valence-corrected chi connectivity index (χ2v) is 11.7. The molecule has 40 heavy (non-hydrogen) atoms. The van der Waals surface area contributed by atoms with Crippen molar-refractivity contribution in [3.05, 3.63) is 87.0 Å². The molecule has 3 aromatic carbocycles. The lowest BCUT2D eigenvalue weighted by molar-refractivity contribution is 0.0833. The number of nitrogens with zero attached hydrogens (tertiary/aromatic N) is 3. The highest BCUT2D eigenvalue weighted by molar-refractivity contribution is 6.37. The standard InChI is InChI=1S/C30H27Cl3N4O2.ClH/c1-30(2)26-27(22-12-8-19(16-25(22)39-30)18-6-9-20(31)10-7-18)34-35-28(26)29(38)37(36-14-4-3-5-15-36)24-13-11-21(32)17-23(24)33;/h6-13,16-17H,3-5,14-15H2,1-2H3,(H,34,35);1H. The Morgan fingerprint density at radius 3 is 2.30 bits per heavy atom. The van der Waals surface area contributed by atoms with Gasteiger partial charge >= 0.3 is 0 Å². The Hall–Kier alpha value is -2.74. The Morgan fingerprint density at radius 1 is 0.925 bits per heavy atom. The highest BCUT2D eigenvalue weighted by Crippen LogP contribution is 2.47. The van der Waals surface area contributed by atoms with Crippen molar-refractivity contribution in [1.29, 1.82) is 0 Å². The van der Waals surface area contributed by atoms with Gasteiger partial charge < -0.3 is 4.74 Å². The maximum Gasteiger partial charge on any atom is 0.293 e. The maximum atomic E-state index is 14.3. The first-order chi connectivity index (χ1) is 18.7. The number of halogens is 4. The summed E-state index contributed by atoms with van der Waals surface area (Å²) in [6.07, 6.45) is 3.11. The number of hydrazine groups is 1. The minimum absolute atomic E-state index is 0. The number of carbonyl (C=O) groups excluding carboxylic acids is 1. The fraction of sp³-hybridized carbons (Fsp3) is 0.267. The Balaban J connectivity index is 0.00000323. The molecule has 0 aliphatic carbocycles. The molecule has 1 N–H and O–H groups in total. The zero-order valence-corrected chi connectivity index (χ0v) is 25.1. The number of aromatic amines is 1. The molecule has 6 rings (SSSR count). The first-order valence-corrected chi connectivity index (χ1v) is 14.1. The number of rotatable bonds is 4. The molecule has 1 saturated heterocycles. The van der Waals surface area contributed by atoms with Crippen LogP contribution in [0.4, 0.5) is 5.69 Å². The van der Waals surface area contributed by atoms with Crippen LogP contribution < -0.4 is 9.75 Å². The summed E-state index contributed by atoms with van der Waals surface area (Å²) in [5.74, 6) is 0.452. The van der Waals surface area contributed by atoms with Crippen LogP contribution in [-0.4, -0.2) is 34.2 Å². The molecule has 0 saturated carbocycles. The highest BCUT2D eigenvalue weighted by Gasteiger charge is 2.41. The van der Waals surface area contributed by atoms with Gasteiger partial charge in [0.05, 0.1) is 22.0 Å². The molecule has 0 radical (unpaired) electrons. The minimum atomic E-state index is -0.823. The molecule has 0 bridgehead atoms. The smallest absolute Gasteiger partial charge is 0.293 e. The number of amides is 1. The number of H-pyrrole nitrogens is 1.